The molecule has 2 heterocycles. The quantitative estimate of drug-likeness (QED) is 0.665. The molecular formula is C19H20N4O2. The lowest BCUT2D eigenvalue weighted by molar-refractivity contribution is 0.0976. The lowest BCUT2D eigenvalue weighted by atomic mass is 10.0. The summed E-state index contributed by atoms with van der Waals surface area (Å²) in [5.41, 5.74) is 4.17. The van der Waals surface area contributed by atoms with Gasteiger partial charge in [0.05, 0.1) is 5.52 Å². The van der Waals surface area contributed by atoms with Crippen LogP contribution in [0.1, 0.15) is 53.9 Å². The minimum absolute atomic E-state index is 0.0612. The molecule has 25 heavy (non-hydrogen) atoms. The van der Waals surface area contributed by atoms with E-state index in [1.165, 1.54) is 6.92 Å². The molecule has 0 aliphatic heterocycles. The summed E-state index contributed by atoms with van der Waals surface area (Å²) in [5, 5.41) is 5.27. The lowest BCUT2D eigenvalue weighted by Gasteiger charge is -2.07. The maximum atomic E-state index is 12.0. The smallest absolute Gasteiger partial charge is 0.199 e. The van der Waals surface area contributed by atoms with Crippen LogP contribution in [0.3, 0.4) is 0 Å². The SMILES string of the molecule is CCC(=O)c1ncc(-c2cc(C)c3c(c2)c(C(C)=O)nn3CC)cn1. The molecule has 0 aliphatic rings. The second-order valence-corrected chi connectivity index (χ2v) is 5.98. The van der Waals surface area contributed by atoms with E-state index in [4.69, 9.17) is 0 Å². The van der Waals surface area contributed by atoms with Crippen molar-refractivity contribution >= 4 is 22.5 Å². The van der Waals surface area contributed by atoms with Crippen LogP contribution in [-0.4, -0.2) is 31.3 Å². The van der Waals surface area contributed by atoms with E-state index in [0.717, 1.165) is 27.6 Å². The Morgan fingerprint density at radius 1 is 1.08 bits per heavy atom. The number of nitrogens with zero attached hydrogens (tertiary/aromatic N) is 4. The summed E-state index contributed by atoms with van der Waals surface area (Å²) in [6.45, 7) is 8.00. The van der Waals surface area contributed by atoms with Crippen LogP contribution in [0.25, 0.3) is 22.0 Å². The van der Waals surface area contributed by atoms with Crippen molar-refractivity contribution in [1.29, 1.82) is 0 Å². The highest BCUT2D eigenvalue weighted by Gasteiger charge is 2.17. The molecule has 128 valence electrons. The van der Waals surface area contributed by atoms with Crippen LogP contribution in [0.2, 0.25) is 0 Å². The average Bonchev–Trinajstić information content (AvgIpc) is 3.00. The van der Waals surface area contributed by atoms with E-state index in [1.54, 1.807) is 19.3 Å². The van der Waals surface area contributed by atoms with Crippen molar-refractivity contribution in [2.24, 2.45) is 0 Å². The third-order valence-electron chi connectivity index (χ3n) is 4.22. The highest BCUT2D eigenvalue weighted by molar-refractivity contribution is 6.06. The van der Waals surface area contributed by atoms with Crippen LogP contribution in [-0.2, 0) is 6.54 Å². The monoisotopic (exact) mass is 336 g/mol. The Balaban J connectivity index is 2.16. The molecule has 6 heteroatoms. The number of fused-ring (bicyclic) bond motifs is 1. The maximum absolute atomic E-state index is 12.0. The molecule has 0 aliphatic carbocycles. The van der Waals surface area contributed by atoms with Gasteiger partial charge < -0.3 is 0 Å². The highest BCUT2D eigenvalue weighted by Crippen LogP contribution is 2.29. The molecule has 1 aromatic carbocycles. The summed E-state index contributed by atoms with van der Waals surface area (Å²) in [6.07, 6.45) is 3.67. The fraction of sp³-hybridized carbons (Fsp3) is 0.316. The van der Waals surface area contributed by atoms with Crippen molar-refractivity contribution in [2.75, 3.05) is 0 Å². The highest BCUT2D eigenvalue weighted by atomic mass is 16.1. The predicted molar refractivity (Wildman–Crippen MR) is 95.8 cm³/mol. The van der Waals surface area contributed by atoms with E-state index < -0.39 is 0 Å². The molecule has 0 saturated carbocycles. The van der Waals surface area contributed by atoms with Crippen LogP contribution in [0.5, 0.6) is 0 Å². The summed E-state index contributed by atoms with van der Waals surface area (Å²) in [7, 11) is 0. The van der Waals surface area contributed by atoms with Gasteiger partial charge >= 0.3 is 0 Å². The number of hydrogen-bond donors (Lipinski definition) is 0. The van der Waals surface area contributed by atoms with E-state index in [1.807, 2.05) is 30.7 Å². The molecular weight excluding hydrogens is 316 g/mol. The predicted octanol–water partition coefficient (Wildman–Crippen LogP) is 3.62. The van der Waals surface area contributed by atoms with E-state index >= 15 is 0 Å². The third kappa shape index (κ3) is 2.95. The largest absolute Gasteiger partial charge is 0.293 e. The van der Waals surface area contributed by atoms with E-state index in [2.05, 4.69) is 15.1 Å². The fourth-order valence-electron chi connectivity index (χ4n) is 2.96. The fourth-order valence-corrected chi connectivity index (χ4v) is 2.96. The lowest BCUT2D eigenvalue weighted by Crippen LogP contribution is -2.03. The molecule has 0 bridgehead atoms. The Kier molecular flexibility index (Phi) is 4.44. The second kappa shape index (κ2) is 6.55. The van der Waals surface area contributed by atoms with Crippen molar-refractivity contribution in [3.05, 3.63) is 41.6 Å². The minimum atomic E-state index is -0.0822. The Labute approximate surface area is 145 Å². The van der Waals surface area contributed by atoms with Crippen LogP contribution >= 0.6 is 0 Å². The van der Waals surface area contributed by atoms with Crippen molar-refractivity contribution in [1.82, 2.24) is 19.7 Å². The summed E-state index contributed by atoms with van der Waals surface area (Å²) < 4.78 is 1.85. The van der Waals surface area contributed by atoms with Crippen molar-refractivity contribution in [3.63, 3.8) is 0 Å². The van der Waals surface area contributed by atoms with Crippen molar-refractivity contribution < 1.29 is 9.59 Å². The number of aromatic nitrogens is 4. The molecule has 0 N–H and O–H groups in total. The number of hydrogen-bond acceptors (Lipinski definition) is 5. The molecule has 0 spiro atoms. The van der Waals surface area contributed by atoms with Crippen LogP contribution in [0, 0.1) is 6.92 Å². The van der Waals surface area contributed by atoms with Gasteiger partial charge in [0.15, 0.2) is 17.4 Å². The van der Waals surface area contributed by atoms with Gasteiger partial charge in [0.25, 0.3) is 0 Å². The number of Topliss-reactive ketones (excluding diaryl/α,β-unsaturated/α-hetero) is 2. The van der Waals surface area contributed by atoms with E-state index in [9.17, 15) is 9.59 Å². The van der Waals surface area contributed by atoms with Crippen molar-refractivity contribution in [2.45, 2.75) is 40.7 Å². The summed E-state index contributed by atoms with van der Waals surface area (Å²) >= 11 is 0. The summed E-state index contributed by atoms with van der Waals surface area (Å²) in [5.74, 6) is 0.0856. The third-order valence-corrected chi connectivity index (χ3v) is 4.22. The molecule has 0 unspecified atom stereocenters. The first-order valence-corrected chi connectivity index (χ1v) is 8.34. The topological polar surface area (TPSA) is 77.7 Å². The van der Waals surface area contributed by atoms with Gasteiger partial charge in [0, 0.05) is 43.2 Å². The molecule has 0 saturated heterocycles. The first-order chi connectivity index (χ1) is 12.0. The molecule has 2 aromatic heterocycles. The standard InChI is InChI=1S/C19H20N4O2/c1-5-16(25)19-20-9-14(10-21-19)13-7-11(3)18-15(8-13)17(12(4)24)22-23(18)6-2/h7-10H,5-6H2,1-4H3. The van der Waals surface area contributed by atoms with Crippen LogP contribution in [0.15, 0.2) is 24.5 Å². The van der Waals surface area contributed by atoms with Gasteiger partial charge in [0.1, 0.15) is 5.69 Å². The molecule has 3 rings (SSSR count). The van der Waals surface area contributed by atoms with Crippen LogP contribution < -0.4 is 0 Å². The average molecular weight is 336 g/mol. The Bertz CT molecular complexity index is 971. The number of carbonyl (C=O) groups is 2. The number of rotatable bonds is 5. The van der Waals surface area contributed by atoms with Gasteiger partial charge in [-0.05, 0) is 37.1 Å². The summed E-state index contributed by atoms with van der Waals surface area (Å²) in [6, 6.07) is 3.97. The summed E-state index contributed by atoms with van der Waals surface area (Å²) in [4.78, 5) is 32.0. The zero-order chi connectivity index (χ0) is 18.1. The number of aryl methyl sites for hydroxylation is 2. The Morgan fingerprint density at radius 3 is 2.32 bits per heavy atom. The number of carbonyl (C=O) groups excluding carboxylic acids is 2. The number of ketones is 2. The van der Waals surface area contributed by atoms with Gasteiger partial charge in [-0.1, -0.05) is 6.92 Å². The first kappa shape index (κ1) is 17.0. The maximum Gasteiger partial charge on any atom is 0.199 e. The van der Waals surface area contributed by atoms with Gasteiger partial charge in [-0.2, -0.15) is 5.10 Å². The molecule has 0 radical (unpaired) electrons. The minimum Gasteiger partial charge on any atom is -0.293 e. The second-order valence-electron chi connectivity index (χ2n) is 5.98. The van der Waals surface area contributed by atoms with Gasteiger partial charge in [-0.15, -0.1) is 0 Å². The molecule has 0 amide bonds. The first-order valence-electron chi connectivity index (χ1n) is 8.34. The molecule has 3 aromatic rings. The van der Waals surface area contributed by atoms with Gasteiger partial charge in [-0.3, -0.25) is 14.3 Å². The van der Waals surface area contributed by atoms with Crippen LogP contribution in [0.4, 0.5) is 0 Å². The zero-order valence-electron chi connectivity index (χ0n) is 14.8. The normalized spacial score (nSPS) is 11.0. The van der Waals surface area contributed by atoms with Gasteiger partial charge in [-0.25, -0.2) is 9.97 Å². The van der Waals surface area contributed by atoms with E-state index in [-0.39, 0.29) is 17.4 Å². The Hall–Kier alpha value is -2.89. The van der Waals surface area contributed by atoms with Crippen molar-refractivity contribution in [3.8, 4) is 11.1 Å². The molecule has 6 nitrogen and oxygen atoms in total. The molecule has 0 atom stereocenters. The Morgan fingerprint density at radius 2 is 1.76 bits per heavy atom. The van der Waals surface area contributed by atoms with E-state index in [0.29, 0.717) is 18.7 Å². The molecule has 0 fully saturated rings. The number of benzene rings is 1. The zero-order valence-corrected chi connectivity index (χ0v) is 14.8. The van der Waals surface area contributed by atoms with Gasteiger partial charge in [0.2, 0.25) is 0 Å².